The second-order valence-corrected chi connectivity index (χ2v) is 11.9. The molecule has 0 bridgehead atoms. The summed E-state index contributed by atoms with van der Waals surface area (Å²) in [6, 6.07) is 31.1. The second-order valence-electron chi connectivity index (χ2n) is 11.9. The normalized spacial score (nSPS) is 19.1. The van der Waals surface area contributed by atoms with Crippen LogP contribution in [0.25, 0.3) is 6.08 Å². The summed E-state index contributed by atoms with van der Waals surface area (Å²) in [5, 5.41) is 7.34. The molecule has 2 fully saturated rings. The molecule has 2 saturated heterocycles. The predicted octanol–water partition coefficient (Wildman–Crippen LogP) is 6.69. The summed E-state index contributed by atoms with van der Waals surface area (Å²) >= 11 is 0. The van der Waals surface area contributed by atoms with E-state index in [-0.39, 0.29) is 6.04 Å². The van der Waals surface area contributed by atoms with E-state index in [0.717, 1.165) is 78.4 Å². The maximum absolute atomic E-state index is 5.72. The Labute approximate surface area is 263 Å². The summed E-state index contributed by atoms with van der Waals surface area (Å²) in [7, 11) is 0. The van der Waals surface area contributed by atoms with E-state index in [1.807, 2.05) is 0 Å². The van der Waals surface area contributed by atoms with Gasteiger partial charge in [-0.25, -0.2) is 0 Å². The van der Waals surface area contributed by atoms with Gasteiger partial charge in [0.15, 0.2) is 0 Å². The fourth-order valence-corrected chi connectivity index (χ4v) is 6.86. The zero-order valence-corrected chi connectivity index (χ0v) is 26.4. The summed E-state index contributed by atoms with van der Waals surface area (Å²) in [6.07, 6.45) is 6.64. The zero-order valence-electron chi connectivity index (χ0n) is 26.4. The number of anilines is 1. The molecule has 3 aliphatic rings. The van der Waals surface area contributed by atoms with Crippen LogP contribution in [0, 0.1) is 0 Å². The van der Waals surface area contributed by atoms with Crippen molar-refractivity contribution < 1.29 is 4.74 Å². The highest BCUT2D eigenvalue weighted by Crippen LogP contribution is 2.35. The van der Waals surface area contributed by atoms with E-state index in [9.17, 15) is 0 Å². The Balaban J connectivity index is 1.18. The van der Waals surface area contributed by atoms with Gasteiger partial charge in [-0.15, -0.1) is 0 Å². The molecular formula is C38H47N5O. The van der Waals surface area contributed by atoms with Gasteiger partial charge in [0.2, 0.25) is 0 Å². The third-order valence-corrected chi connectivity index (χ3v) is 9.23. The van der Waals surface area contributed by atoms with E-state index >= 15 is 0 Å². The summed E-state index contributed by atoms with van der Waals surface area (Å²) in [6.45, 7) is 13.7. The predicted molar refractivity (Wildman–Crippen MR) is 183 cm³/mol. The first-order valence-corrected chi connectivity index (χ1v) is 16.5. The zero-order chi connectivity index (χ0) is 30.1. The Morgan fingerprint density at radius 3 is 1.95 bits per heavy atom. The third kappa shape index (κ3) is 7.09. The van der Waals surface area contributed by atoms with Gasteiger partial charge in [0.05, 0.1) is 25.5 Å². The van der Waals surface area contributed by atoms with Gasteiger partial charge in [-0.3, -0.25) is 9.91 Å². The molecule has 3 aromatic carbocycles. The third-order valence-electron chi connectivity index (χ3n) is 9.23. The average molecular weight is 590 g/mol. The molecular weight excluding hydrogens is 542 g/mol. The highest BCUT2D eigenvalue weighted by molar-refractivity contribution is 5.83. The van der Waals surface area contributed by atoms with E-state index in [4.69, 9.17) is 9.84 Å². The summed E-state index contributed by atoms with van der Waals surface area (Å²) < 4.78 is 5.72. The number of ether oxygens (including phenoxy) is 1. The van der Waals surface area contributed by atoms with Gasteiger partial charge in [-0.2, -0.15) is 5.10 Å². The van der Waals surface area contributed by atoms with Gasteiger partial charge in [0.1, 0.15) is 0 Å². The molecule has 3 aromatic rings. The maximum atomic E-state index is 5.72. The number of piperazine rings is 1. The van der Waals surface area contributed by atoms with E-state index in [2.05, 4.69) is 131 Å². The standard InChI is InChI=1S/C38H47N5O/c1-3-40(4-2)36-19-15-31(16-20-36)29-34-17-18-35(38(34)42-25-27-44-28-26-42)30-39-43-23-21-41(22-24-43)37(32-11-7-5-8-12-32)33-13-9-6-10-14-33/h5-16,19-20,29-30,37H,3-4,17-18,21-28H2,1-2H3/b34-29+,39-30+. The second kappa shape index (κ2) is 14.7. The topological polar surface area (TPSA) is 34.5 Å². The Morgan fingerprint density at radius 1 is 0.750 bits per heavy atom. The molecule has 0 atom stereocenters. The molecule has 0 aromatic heterocycles. The van der Waals surface area contributed by atoms with E-state index < -0.39 is 0 Å². The molecule has 0 unspecified atom stereocenters. The molecule has 0 spiro atoms. The highest BCUT2D eigenvalue weighted by atomic mass is 16.5. The summed E-state index contributed by atoms with van der Waals surface area (Å²) in [4.78, 5) is 7.52. The lowest BCUT2D eigenvalue weighted by molar-refractivity contribution is 0.0548. The van der Waals surface area contributed by atoms with Crippen LogP contribution in [0.1, 0.15) is 49.4 Å². The van der Waals surface area contributed by atoms with Gasteiger partial charge in [0.25, 0.3) is 0 Å². The van der Waals surface area contributed by atoms with Gasteiger partial charge in [0, 0.05) is 63.7 Å². The number of hydrogen-bond acceptors (Lipinski definition) is 6. The van der Waals surface area contributed by atoms with Crippen LogP contribution < -0.4 is 4.90 Å². The largest absolute Gasteiger partial charge is 0.378 e. The van der Waals surface area contributed by atoms with Crippen molar-refractivity contribution in [2.75, 3.05) is 70.5 Å². The minimum absolute atomic E-state index is 0.266. The Bertz CT molecular complexity index is 1380. The van der Waals surface area contributed by atoms with Crippen molar-refractivity contribution in [1.82, 2.24) is 14.8 Å². The molecule has 2 aliphatic heterocycles. The smallest absolute Gasteiger partial charge is 0.0642 e. The average Bonchev–Trinajstić information content (AvgIpc) is 3.49. The number of allylic oxidation sites excluding steroid dienone is 2. The lowest BCUT2D eigenvalue weighted by Crippen LogP contribution is -2.46. The van der Waals surface area contributed by atoms with Crippen LogP contribution >= 0.6 is 0 Å². The van der Waals surface area contributed by atoms with Crippen molar-refractivity contribution in [1.29, 1.82) is 0 Å². The Morgan fingerprint density at radius 2 is 1.36 bits per heavy atom. The van der Waals surface area contributed by atoms with E-state index in [0.29, 0.717) is 0 Å². The number of hydrazone groups is 1. The van der Waals surface area contributed by atoms with Crippen molar-refractivity contribution in [3.63, 3.8) is 0 Å². The van der Waals surface area contributed by atoms with Crippen molar-refractivity contribution in [2.24, 2.45) is 5.10 Å². The molecule has 1 aliphatic carbocycles. The minimum atomic E-state index is 0.266. The van der Waals surface area contributed by atoms with Gasteiger partial charge in [-0.05, 0) is 72.7 Å². The maximum Gasteiger partial charge on any atom is 0.0642 e. The fourth-order valence-electron chi connectivity index (χ4n) is 6.86. The molecule has 6 rings (SSSR count). The summed E-state index contributed by atoms with van der Waals surface area (Å²) in [5.74, 6) is 0. The van der Waals surface area contributed by atoms with Crippen LogP contribution in [0.4, 0.5) is 5.69 Å². The van der Waals surface area contributed by atoms with Crippen LogP contribution in [0.5, 0.6) is 0 Å². The first-order valence-electron chi connectivity index (χ1n) is 16.5. The molecule has 0 N–H and O–H groups in total. The number of nitrogens with zero attached hydrogens (tertiary/aromatic N) is 5. The number of hydrogen-bond donors (Lipinski definition) is 0. The van der Waals surface area contributed by atoms with Crippen molar-refractivity contribution in [3.8, 4) is 0 Å². The van der Waals surface area contributed by atoms with E-state index in [1.54, 1.807) is 0 Å². The lowest BCUT2D eigenvalue weighted by Gasteiger charge is -2.38. The Hall–Kier alpha value is -3.87. The van der Waals surface area contributed by atoms with E-state index in [1.165, 1.54) is 39.2 Å². The molecule has 0 saturated carbocycles. The molecule has 230 valence electrons. The first-order chi connectivity index (χ1) is 21.7. The lowest BCUT2D eigenvalue weighted by atomic mass is 9.96. The number of benzene rings is 3. The van der Waals surface area contributed by atoms with Crippen LogP contribution in [-0.2, 0) is 4.74 Å². The van der Waals surface area contributed by atoms with Crippen LogP contribution in [0.15, 0.2) is 107 Å². The van der Waals surface area contributed by atoms with Crippen molar-refractivity contribution in [3.05, 3.63) is 118 Å². The fraction of sp³-hybridized carbons (Fsp3) is 0.395. The van der Waals surface area contributed by atoms with Crippen LogP contribution in [0.3, 0.4) is 0 Å². The highest BCUT2D eigenvalue weighted by Gasteiger charge is 2.28. The first kappa shape index (κ1) is 30.2. The van der Waals surface area contributed by atoms with Crippen molar-refractivity contribution >= 4 is 18.0 Å². The molecule has 0 amide bonds. The van der Waals surface area contributed by atoms with Crippen molar-refractivity contribution in [2.45, 2.75) is 32.7 Å². The summed E-state index contributed by atoms with van der Waals surface area (Å²) in [5.41, 5.74) is 9.40. The minimum Gasteiger partial charge on any atom is -0.378 e. The molecule has 6 nitrogen and oxygen atoms in total. The molecule has 6 heteroatoms. The number of rotatable bonds is 10. The monoisotopic (exact) mass is 589 g/mol. The number of morpholine rings is 1. The van der Waals surface area contributed by atoms with Crippen LogP contribution in [0.2, 0.25) is 0 Å². The quantitative estimate of drug-likeness (QED) is 0.246. The van der Waals surface area contributed by atoms with Crippen LogP contribution in [-0.4, -0.2) is 86.6 Å². The Kier molecular flexibility index (Phi) is 10.1. The van der Waals surface area contributed by atoms with Gasteiger partial charge in [-0.1, -0.05) is 72.8 Å². The van der Waals surface area contributed by atoms with Gasteiger partial charge >= 0.3 is 0 Å². The SMILES string of the molecule is CCN(CC)c1ccc(/C=C2\CCC(/C=N/N3CCN(C(c4ccccc4)c4ccccc4)CC3)=C2N2CCOCC2)cc1. The molecule has 2 heterocycles. The molecule has 0 radical (unpaired) electrons. The van der Waals surface area contributed by atoms with Gasteiger partial charge < -0.3 is 14.5 Å². The molecule has 44 heavy (non-hydrogen) atoms.